The number of ether oxygens (including phenoxy) is 2. The zero-order valence-corrected chi connectivity index (χ0v) is 21.2. The van der Waals surface area contributed by atoms with Gasteiger partial charge in [-0.3, -0.25) is 4.79 Å². The molecule has 4 aromatic carbocycles. The molecule has 0 unspecified atom stereocenters. The number of rotatable bonds is 9. The first kappa shape index (κ1) is 24.7. The number of amides is 1. The maximum Gasteiger partial charge on any atom is 0.251 e. The van der Waals surface area contributed by atoms with Crippen LogP contribution in [-0.2, 0) is 19.8 Å². The number of imidazole rings is 1. The van der Waals surface area contributed by atoms with E-state index in [4.69, 9.17) is 32.7 Å². The van der Waals surface area contributed by atoms with Gasteiger partial charge in [0.2, 0.25) is 0 Å². The molecule has 0 aliphatic heterocycles. The maximum absolute atomic E-state index is 12.9. The first-order valence-electron chi connectivity index (χ1n) is 11.6. The third kappa shape index (κ3) is 6.23. The van der Waals surface area contributed by atoms with Crippen LogP contribution < -0.4 is 14.8 Å². The molecule has 1 amide bonds. The Morgan fingerprint density at radius 3 is 2.43 bits per heavy atom. The van der Waals surface area contributed by atoms with Crippen molar-refractivity contribution in [3.05, 3.63) is 124 Å². The summed E-state index contributed by atoms with van der Waals surface area (Å²) in [6.45, 7) is 0.791. The van der Waals surface area contributed by atoms with Crippen molar-refractivity contribution in [3.63, 3.8) is 0 Å². The largest absolute Gasteiger partial charge is 0.485 e. The first-order valence-corrected chi connectivity index (χ1v) is 12.4. The summed E-state index contributed by atoms with van der Waals surface area (Å²) in [5.41, 5.74) is 4.01. The van der Waals surface area contributed by atoms with Crippen molar-refractivity contribution in [1.29, 1.82) is 0 Å². The molecule has 8 heteroatoms. The van der Waals surface area contributed by atoms with Crippen molar-refractivity contribution in [2.75, 3.05) is 0 Å². The normalized spacial score (nSPS) is 10.9. The third-order valence-corrected chi connectivity index (χ3v) is 6.29. The van der Waals surface area contributed by atoms with E-state index in [-0.39, 0.29) is 19.1 Å². The molecule has 0 aliphatic carbocycles. The van der Waals surface area contributed by atoms with Crippen LogP contribution in [0.3, 0.4) is 0 Å². The Labute approximate surface area is 224 Å². The highest BCUT2D eigenvalue weighted by atomic mass is 35.5. The van der Waals surface area contributed by atoms with Crippen molar-refractivity contribution in [3.8, 4) is 11.5 Å². The number of carbonyl (C=O) groups is 1. The summed E-state index contributed by atoms with van der Waals surface area (Å²) in [5.74, 6) is 1.35. The van der Waals surface area contributed by atoms with Crippen LogP contribution in [0.2, 0.25) is 10.0 Å². The molecule has 37 heavy (non-hydrogen) atoms. The minimum Gasteiger partial charge on any atom is -0.485 e. The second-order valence-electron chi connectivity index (χ2n) is 8.34. The highest BCUT2D eigenvalue weighted by molar-refractivity contribution is 6.35. The number of benzene rings is 4. The lowest BCUT2D eigenvalue weighted by atomic mass is 10.1. The summed E-state index contributed by atoms with van der Waals surface area (Å²) in [6, 6.07) is 27.8. The summed E-state index contributed by atoms with van der Waals surface area (Å²) in [7, 11) is 0. The first-order chi connectivity index (χ1) is 18.0. The van der Waals surface area contributed by atoms with Crippen LogP contribution in [0.5, 0.6) is 11.5 Å². The predicted molar refractivity (Wildman–Crippen MR) is 145 cm³/mol. The fourth-order valence-corrected chi connectivity index (χ4v) is 4.24. The molecule has 0 atom stereocenters. The molecule has 2 N–H and O–H groups in total. The second-order valence-corrected chi connectivity index (χ2v) is 9.19. The van der Waals surface area contributed by atoms with Gasteiger partial charge in [-0.15, -0.1) is 0 Å². The number of hydrogen-bond acceptors (Lipinski definition) is 4. The molecule has 0 fully saturated rings. The van der Waals surface area contributed by atoms with Crippen molar-refractivity contribution < 1.29 is 14.3 Å². The van der Waals surface area contributed by atoms with E-state index in [2.05, 4.69) is 15.3 Å². The fraction of sp³-hybridized carbons (Fsp3) is 0.103. The van der Waals surface area contributed by atoms with Crippen LogP contribution in [-0.4, -0.2) is 15.9 Å². The number of aromatic amines is 1. The summed E-state index contributed by atoms with van der Waals surface area (Å²) >= 11 is 12.3. The van der Waals surface area contributed by atoms with E-state index in [0.717, 1.165) is 22.2 Å². The number of fused-ring (bicyclic) bond motifs is 1. The third-order valence-electron chi connectivity index (χ3n) is 5.70. The lowest BCUT2D eigenvalue weighted by Crippen LogP contribution is -2.22. The Kier molecular flexibility index (Phi) is 7.59. The molecule has 0 spiro atoms. The molecule has 0 saturated carbocycles. The van der Waals surface area contributed by atoms with Gasteiger partial charge in [0.15, 0.2) is 11.5 Å². The van der Waals surface area contributed by atoms with Gasteiger partial charge in [0.05, 0.1) is 11.0 Å². The van der Waals surface area contributed by atoms with E-state index < -0.39 is 0 Å². The van der Waals surface area contributed by atoms with E-state index >= 15 is 0 Å². The minimum atomic E-state index is -0.220. The highest BCUT2D eigenvalue weighted by Gasteiger charge is 2.14. The average molecular weight is 532 g/mol. The van der Waals surface area contributed by atoms with E-state index in [9.17, 15) is 4.79 Å². The van der Waals surface area contributed by atoms with Gasteiger partial charge in [0.1, 0.15) is 19.0 Å². The van der Waals surface area contributed by atoms with Gasteiger partial charge in [0, 0.05) is 27.7 Å². The van der Waals surface area contributed by atoms with E-state index in [1.54, 1.807) is 36.4 Å². The minimum absolute atomic E-state index is 0.173. The van der Waals surface area contributed by atoms with Gasteiger partial charge in [-0.2, -0.15) is 0 Å². The highest BCUT2D eigenvalue weighted by Crippen LogP contribution is 2.31. The standard InChI is InChI=1S/C29H23Cl2N3O3/c30-22-12-10-21(23(31)15-22)17-36-27-14-20(29(35)32-16-19-6-2-1-3-7-19)11-13-26(27)37-18-28-33-24-8-4-5-9-25(24)34-28/h1-15H,16-18H2,(H,32,35)(H,33,34). The molecule has 1 aromatic heterocycles. The number of carbonyl (C=O) groups excluding carboxylic acids is 1. The van der Waals surface area contributed by atoms with Crippen LogP contribution >= 0.6 is 23.2 Å². The smallest absolute Gasteiger partial charge is 0.251 e. The lowest BCUT2D eigenvalue weighted by molar-refractivity contribution is 0.0950. The van der Waals surface area contributed by atoms with E-state index in [0.29, 0.717) is 39.5 Å². The number of nitrogens with one attached hydrogen (secondary N) is 2. The SMILES string of the molecule is O=C(NCc1ccccc1)c1ccc(OCc2nc3ccccc3[nH]2)c(OCc2ccc(Cl)cc2Cl)c1. The Hall–Kier alpha value is -4.00. The van der Waals surface area contributed by atoms with Crippen LogP contribution in [0, 0.1) is 0 Å². The zero-order valence-electron chi connectivity index (χ0n) is 19.7. The van der Waals surface area contributed by atoms with Gasteiger partial charge in [-0.05, 0) is 48.0 Å². The molecule has 5 rings (SSSR count). The summed E-state index contributed by atoms with van der Waals surface area (Å²) in [5, 5.41) is 3.97. The van der Waals surface area contributed by atoms with Crippen LogP contribution in [0.25, 0.3) is 11.0 Å². The molecule has 0 aliphatic rings. The van der Waals surface area contributed by atoms with Gasteiger partial charge in [-0.25, -0.2) is 4.98 Å². The molecule has 6 nitrogen and oxygen atoms in total. The molecule has 186 valence electrons. The lowest BCUT2D eigenvalue weighted by Gasteiger charge is -2.15. The van der Waals surface area contributed by atoms with Crippen molar-refractivity contribution >= 4 is 40.1 Å². The maximum atomic E-state index is 12.9. The fourth-order valence-electron chi connectivity index (χ4n) is 3.78. The second kappa shape index (κ2) is 11.4. The predicted octanol–water partition coefficient (Wildman–Crippen LogP) is 6.96. The number of para-hydroxylation sites is 2. The number of nitrogens with zero attached hydrogens (tertiary/aromatic N) is 1. The van der Waals surface area contributed by atoms with Crippen LogP contribution in [0.15, 0.2) is 91.0 Å². The van der Waals surface area contributed by atoms with E-state index in [1.165, 1.54) is 0 Å². The van der Waals surface area contributed by atoms with Crippen LogP contribution in [0.1, 0.15) is 27.3 Å². The Morgan fingerprint density at radius 2 is 1.62 bits per heavy atom. The van der Waals surface area contributed by atoms with Gasteiger partial charge in [0.25, 0.3) is 5.91 Å². The number of halogens is 2. The molecule has 0 radical (unpaired) electrons. The molecule has 1 heterocycles. The number of aromatic nitrogens is 2. The topological polar surface area (TPSA) is 76.2 Å². The van der Waals surface area contributed by atoms with Crippen molar-refractivity contribution in [2.45, 2.75) is 19.8 Å². The number of hydrogen-bond donors (Lipinski definition) is 2. The monoisotopic (exact) mass is 531 g/mol. The molecular formula is C29H23Cl2N3O3. The summed E-state index contributed by atoms with van der Waals surface area (Å²) < 4.78 is 12.1. The Morgan fingerprint density at radius 1 is 0.838 bits per heavy atom. The number of H-pyrrole nitrogens is 1. The van der Waals surface area contributed by atoms with Crippen molar-refractivity contribution in [1.82, 2.24) is 15.3 Å². The Bertz CT molecular complexity index is 1500. The zero-order chi connectivity index (χ0) is 25.6. The molecular weight excluding hydrogens is 509 g/mol. The quantitative estimate of drug-likeness (QED) is 0.215. The van der Waals surface area contributed by atoms with Crippen molar-refractivity contribution in [2.24, 2.45) is 0 Å². The Balaban J connectivity index is 1.34. The van der Waals surface area contributed by atoms with E-state index in [1.807, 2.05) is 54.6 Å². The molecule has 0 bridgehead atoms. The van der Waals surface area contributed by atoms with Crippen LogP contribution in [0.4, 0.5) is 0 Å². The van der Waals surface area contributed by atoms with Gasteiger partial charge >= 0.3 is 0 Å². The molecule has 0 saturated heterocycles. The van der Waals surface area contributed by atoms with Gasteiger partial charge in [-0.1, -0.05) is 71.7 Å². The average Bonchev–Trinajstić information content (AvgIpc) is 3.34. The summed E-state index contributed by atoms with van der Waals surface area (Å²) in [4.78, 5) is 20.7. The van der Waals surface area contributed by atoms with Gasteiger partial charge < -0.3 is 19.8 Å². The summed E-state index contributed by atoms with van der Waals surface area (Å²) in [6.07, 6.45) is 0. The molecule has 5 aromatic rings.